The average Bonchev–Trinajstić information content (AvgIpc) is 2.96. The normalized spacial score (nSPS) is 23.6. The van der Waals surface area contributed by atoms with Crippen LogP contribution in [0.2, 0.25) is 0 Å². The van der Waals surface area contributed by atoms with E-state index in [0.29, 0.717) is 5.56 Å². The number of halogens is 4. The summed E-state index contributed by atoms with van der Waals surface area (Å²) in [5.41, 5.74) is 0.652. The molecule has 2 aliphatic carbocycles. The van der Waals surface area contributed by atoms with Gasteiger partial charge in [0.1, 0.15) is 18.1 Å². The monoisotopic (exact) mass is 432 g/mol. The van der Waals surface area contributed by atoms with Gasteiger partial charge in [-0.05, 0) is 53.3 Å². The number of hydrogen-bond acceptors (Lipinski definition) is 3. The topological polar surface area (TPSA) is 64.3 Å². The number of benzene rings is 2. The SMILES string of the molecule is CN(C)C(=O)c1ccc(C2CC[C@H](F)c3cc(F)cc(C#N)c32)c2c1C(O)C(F)(F)C2. The van der Waals surface area contributed by atoms with Gasteiger partial charge in [-0.25, -0.2) is 17.6 Å². The summed E-state index contributed by atoms with van der Waals surface area (Å²) in [5.74, 6) is -5.36. The minimum absolute atomic E-state index is 0.0209. The largest absolute Gasteiger partial charge is 0.382 e. The van der Waals surface area contributed by atoms with Crippen LogP contribution in [0, 0.1) is 17.1 Å². The lowest BCUT2D eigenvalue weighted by Gasteiger charge is -2.31. The van der Waals surface area contributed by atoms with Crippen molar-refractivity contribution in [2.24, 2.45) is 0 Å². The minimum Gasteiger partial charge on any atom is -0.382 e. The van der Waals surface area contributed by atoms with E-state index in [4.69, 9.17) is 0 Å². The van der Waals surface area contributed by atoms with Gasteiger partial charge < -0.3 is 10.0 Å². The first-order valence-corrected chi connectivity index (χ1v) is 9.87. The predicted molar refractivity (Wildman–Crippen MR) is 104 cm³/mol. The quantitative estimate of drug-likeness (QED) is 0.708. The van der Waals surface area contributed by atoms with E-state index in [-0.39, 0.29) is 46.2 Å². The molecule has 2 aliphatic rings. The predicted octanol–water partition coefficient (Wildman–Crippen LogP) is 4.56. The lowest BCUT2D eigenvalue weighted by molar-refractivity contribution is -0.0969. The molecule has 1 N–H and O–H groups in total. The van der Waals surface area contributed by atoms with E-state index in [1.165, 1.54) is 31.1 Å². The molecular formula is C23H20F4N2O2. The van der Waals surface area contributed by atoms with Crippen LogP contribution in [0.25, 0.3) is 0 Å². The molecule has 4 nitrogen and oxygen atoms in total. The molecule has 0 aromatic heterocycles. The van der Waals surface area contributed by atoms with Gasteiger partial charge in [0.25, 0.3) is 11.8 Å². The number of nitriles is 1. The third-order valence-electron chi connectivity index (χ3n) is 6.18. The van der Waals surface area contributed by atoms with Gasteiger partial charge in [-0.3, -0.25) is 4.79 Å². The molecule has 2 aromatic rings. The van der Waals surface area contributed by atoms with Crippen molar-refractivity contribution in [3.63, 3.8) is 0 Å². The Labute approximate surface area is 176 Å². The Balaban J connectivity index is 1.96. The average molecular weight is 432 g/mol. The first-order valence-electron chi connectivity index (χ1n) is 9.87. The van der Waals surface area contributed by atoms with E-state index in [1.54, 1.807) is 0 Å². The Morgan fingerprint density at radius 2 is 1.90 bits per heavy atom. The van der Waals surface area contributed by atoms with E-state index in [0.717, 1.165) is 12.1 Å². The molecule has 2 aromatic carbocycles. The van der Waals surface area contributed by atoms with Gasteiger partial charge >= 0.3 is 0 Å². The molecule has 4 rings (SSSR count). The van der Waals surface area contributed by atoms with E-state index in [9.17, 15) is 32.7 Å². The minimum atomic E-state index is -3.47. The van der Waals surface area contributed by atoms with Crippen LogP contribution in [0.1, 0.15) is 74.8 Å². The van der Waals surface area contributed by atoms with Crippen LogP contribution in [-0.4, -0.2) is 35.9 Å². The Bertz CT molecular complexity index is 1120. The molecule has 0 heterocycles. The van der Waals surface area contributed by atoms with Gasteiger partial charge in [-0.1, -0.05) is 6.07 Å². The number of fused-ring (bicyclic) bond motifs is 2. The van der Waals surface area contributed by atoms with E-state index in [2.05, 4.69) is 0 Å². The summed E-state index contributed by atoms with van der Waals surface area (Å²) < 4.78 is 57.6. The summed E-state index contributed by atoms with van der Waals surface area (Å²) in [4.78, 5) is 13.8. The number of nitrogens with zero attached hydrogens (tertiary/aromatic N) is 2. The fraction of sp³-hybridized carbons (Fsp3) is 0.391. The molecule has 0 spiro atoms. The molecule has 0 radical (unpaired) electrons. The summed E-state index contributed by atoms with van der Waals surface area (Å²) in [6, 6.07) is 6.86. The fourth-order valence-electron chi connectivity index (χ4n) is 4.79. The van der Waals surface area contributed by atoms with Gasteiger partial charge in [0.15, 0.2) is 0 Å². The third kappa shape index (κ3) is 3.28. The van der Waals surface area contributed by atoms with Crippen LogP contribution in [-0.2, 0) is 6.42 Å². The van der Waals surface area contributed by atoms with Crippen LogP contribution >= 0.6 is 0 Å². The molecule has 1 amide bonds. The molecule has 2 unspecified atom stereocenters. The Morgan fingerprint density at radius 3 is 2.55 bits per heavy atom. The van der Waals surface area contributed by atoms with Crippen LogP contribution in [0.3, 0.4) is 0 Å². The number of aliphatic hydroxyl groups is 1. The lowest BCUT2D eigenvalue weighted by atomic mass is 9.74. The van der Waals surface area contributed by atoms with Crippen molar-refractivity contribution in [2.75, 3.05) is 14.1 Å². The van der Waals surface area contributed by atoms with Crippen LogP contribution in [0.15, 0.2) is 24.3 Å². The Kier molecular flexibility index (Phi) is 5.05. The second kappa shape index (κ2) is 7.34. The zero-order chi connectivity index (χ0) is 22.7. The molecule has 0 aliphatic heterocycles. The van der Waals surface area contributed by atoms with Gasteiger partial charge in [0.2, 0.25) is 0 Å². The highest BCUT2D eigenvalue weighted by molar-refractivity contribution is 5.96. The highest BCUT2D eigenvalue weighted by atomic mass is 19.3. The molecule has 0 saturated heterocycles. The summed E-state index contributed by atoms with van der Waals surface area (Å²) in [7, 11) is 2.96. The molecule has 0 saturated carbocycles. The molecule has 162 valence electrons. The van der Waals surface area contributed by atoms with Crippen molar-refractivity contribution in [3.8, 4) is 6.07 Å². The standard InChI is InChI=1S/C23H20F4N2O2/c1-29(2)22(31)15-4-3-13(17-9-23(26,27)21(30)20(15)17)14-5-6-18(25)16-8-12(24)7-11(10-28)19(14)16/h3-4,7-8,14,18,21,30H,5-6,9H2,1-2H3/t14?,18-,21?/m0/s1. The maximum absolute atomic E-state index is 14.6. The Hall–Kier alpha value is -2.92. The van der Waals surface area contributed by atoms with E-state index in [1.807, 2.05) is 6.07 Å². The maximum atomic E-state index is 14.6. The van der Waals surface area contributed by atoms with Crippen molar-refractivity contribution in [3.05, 3.63) is 69.0 Å². The van der Waals surface area contributed by atoms with Crippen LogP contribution in [0.5, 0.6) is 0 Å². The number of alkyl halides is 3. The van der Waals surface area contributed by atoms with Crippen LogP contribution < -0.4 is 0 Å². The van der Waals surface area contributed by atoms with Gasteiger partial charge in [-0.2, -0.15) is 5.26 Å². The van der Waals surface area contributed by atoms with Crippen molar-refractivity contribution < 1.29 is 27.5 Å². The number of rotatable bonds is 2. The maximum Gasteiger partial charge on any atom is 0.281 e. The van der Waals surface area contributed by atoms with E-state index < -0.39 is 42.3 Å². The van der Waals surface area contributed by atoms with Gasteiger partial charge in [0, 0.05) is 37.6 Å². The summed E-state index contributed by atoms with van der Waals surface area (Å²) in [6.07, 6.45) is -4.13. The van der Waals surface area contributed by atoms with Crippen LogP contribution in [0.4, 0.5) is 17.6 Å². The Morgan fingerprint density at radius 1 is 1.19 bits per heavy atom. The van der Waals surface area contributed by atoms with E-state index >= 15 is 0 Å². The molecule has 0 fully saturated rings. The zero-order valence-electron chi connectivity index (χ0n) is 16.9. The summed E-state index contributed by atoms with van der Waals surface area (Å²) in [5, 5.41) is 19.9. The molecule has 3 atom stereocenters. The van der Waals surface area contributed by atoms with Crippen molar-refractivity contribution in [1.29, 1.82) is 5.26 Å². The highest BCUT2D eigenvalue weighted by Crippen LogP contribution is 2.51. The van der Waals surface area contributed by atoms with Crippen molar-refractivity contribution in [1.82, 2.24) is 4.90 Å². The smallest absolute Gasteiger partial charge is 0.281 e. The third-order valence-corrected chi connectivity index (χ3v) is 6.18. The first-order chi connectivity index (χ1) is 14.6. The summed E-state index contributed by atoms with van der Waals surface area (Å²) >= 11 is 0. The highest BCUT2D eigenvalue weighted by Gasteiger charge is 2.50. The zero-order valence-corrected chi connectivity index (χ0v) is 16.9. The molecule has 8 heteroatoms. The van der Waals surface area contributed by atoms with Crippen molar-refractivity contribution >= 4 is 5.91 Å². The second-order valence-electron chi connectivity index (χ2n) is 8.30. The molecule has 31 heavy (non-hydrogen) atoms. The summed E-state index contributed by atoms with van der Waals surface area (Å²) in [6.45, 7) is 0. The van der Waals surface area contributed by atoms with Crippen molar-refractivity contribution in [2.45, 2.75) is 43.4 Å². The van der Waals surface area contributed by atoms with Gasteiger partial charge in [0.05, 0.1) is 11.6 Å². The second-order valence-corrected chi connectivity index (χ2v) is 8.30. The number of carbonyl (C=O) groups is 1. The molecular weight excluding hydrogens is 412 g/mol. The number of amides is 1. The lowest BCUT2D eigenvalue weighted by Crippen LogP contribution is -2.26. The van der Waals surface area contributed by atoms with Gasteiger partial charge in [-0.15, -0.1) is 0 Å². The number of carbonyl (C=O) groups excluding carboxylic acids is 1. The number of aliphatic hydroxyl groups excluding tert-OH is 1. The fourth-order valence-corrected chi connectivity index (χ4v) is 4.79. The molecule has 0 bridgehead atoms. The number of hydrogen-bond donors (Lipinski definition) is 1. The first kappa shape index (κ1) is 21.3.